The molecule has 5 heteroatoms. The van der Waals surface area contributed by atoms with Gasteiger partial charge in [0.1, 0.15) is 4.32 Å². The van der Waals surface area contributed by atoms with Crippen LogP contribution < -0.4 is 0 Å². The van der Waals surface area contributed by atoms with Crippen molar-refractivity contribution in [3.8, 4) is 0 Å². The van der Waals surface area contributed by atoms with Crippen molar-refractivity contribution in [3.05, 3.63) is 82.4 Å². The molecule has 1 amide bonds. The van der Waals surface area contributed by atoms with Crippen LogP contribution >= 0.6 is 24.0 Å². The molecule has 1 saturated heterocycles. The number of aromatic nitrogens is 1. The number of carbonyl (C=O) groups is 1. The molecule has 2 aromatic carbocycles. The van der Waals surface area contributed by atoms with Crippen LogP contribution in [0.1, 0.15) is 29.8 Å². The number of rotatable bonds is 3. The largest absolute Gasteiger partial charge is 0.286 e. The van der Waals surface area contributed by atoms with Gasteiger partial charge in [0.2, 0.25) is 0 Å². The fourth-order valence-electron chi connectivity index (χ4n) is 3.17. The van der Waals surface area contributed by atoms with Crippen LogP contribution in [0.5, 0.6) is 0 Å². The first-order valence-corrected chi connectivity index (χ1v) is 9.95. The molecule has 1 aliphatic rings. The monoisotopic (exact) mass is 390 g/mol. The SMILES string of the molecule is Cc1ccc2nc(/C=C3\SC(=S)N(C(C)c4ccccc4)C3=O)ccc2c1. The fraction of sp³-hybridized carbons (Fsp3) is 0.136. The lowest BCUT2D eigenvalue weighted by molar-refractivity contribution is -0.123. The molecule has 1 aliphatic heterocycles. The quantitative estimate of drug-likeness (QED) is 0.436. The summed E-state index contributed by atoms with van der Waals surface area (Å²) in [4.78, 5) is 19.9. The lowest BCUT2D eigenvalue weighted by Crippen LogP contribution is -2.30. The molecule has 134 valence electrons. The van der Waals surface area contributed by atoms with Gasteiger partial charge >= 0.3 is 0 Å². The number of thioether (sulfide) groups is 1. The zero-order valence-corrected chi connectivity index (χ0v) is 16.7. The molecule has 27 heavy (non-hydrogen) atoms. The van der Waals surface area contributed by atoms with Gasteiger partial charge in [-0.1, -0.05) is 72.0 Å². The van der Waals surface area contributed by atoms with E-state index < -0.39 is 0 Å². The predicted molar refractivity (Wildman–Crippen MR) is 116 cm³/mol. The fourth-order valence-corrected chi connectivity index (χ4v) is 4.57. The highest BCUT2D eigenvalue weighted by molar-refractivity contribution is 8.26. The topological polar surface area (TPSA) is 33.2 Å². The van der Waals surface area contributed by atoms with E-state index >= 15 is 0 Å². The van der Waals surface area contributed by atoms with E-state index in [0.717, 1.165) is 22.2 Å². The number of amides is 1. The van der Waals surface area contributed by atoms with Gasteiger partial charge in [-0.15, -0.1) is 0 Å². The number of thiocarbonyl (C=S) groups is 1. The molecule has 2 heterocycles. The van der Waals surface area contributed by atoms with E-state index in [-0.39, 0.29) is 11.9 Å². The Morgan fingerprint density at radius 3 is 2.67 bits per heavy atom. The highest BCUT2D eigenvalue weighted by atomic mass is 32.2. The van der Waals surface area contributed by atoms with Crippen LogP contribution in [0.25, 0.3) is 17.0 Å². The number of nitrogens with zero attached hydrogens (tertiary/aromatic N) is 2. The third-order valence-electron chi connectivity index (χ3n) is 4.64. The molecule has 1 atom stereocenters. The summed E-state index contributed by atoms with van der Waals surface area (Å²) in [6.45, 7) is 4.06. The first-order valence-electron chi connectivity index (χ1n) is 8.72. The second-order valence-corrected chi connectivity index (χ2v) is 8.25. The minimum Gasteiger partial charge on any atom is -0.286 e. The van der Waals surface area contributed by atoms with Gasteiger partial charge in [-0.05, 0) is 43.7 Å². The second-order valence-electron chi connectivity index (χ2n) is 6.57. The van der Waals surface area contributed by atoms with Crippen molar-refractivity contribution >= 4 is 51.2 Å². The zero-order valence-electron chi connectivity index (χ0n) is 15.0. The van der Waals surface area contributed by atoms with Crippen LogP contribution in [0.15, 0.2) is 65.6 Å². The third-order valence-corrected chi connectivity index (χ3v) is 5.97. The molecular formula is C22H18N2OS2. The normalized spacial score (nSPS) is 17.1. The third kappa shape index (κ3) is 3.53. The highest BCUT2D eigenvalue weighted by Crippen LogP contribution is 2.37. The van der Waals surface area contributed by atoms with E-state index in [1.54, 1.807) is 4.90 Å². The van der Waals surface area contributed by atoms with Crippen LogP contribution in [-0.2, 0) is 4.79 Å². The molecule has 0 saturated carbocycles. The molecule has 0 radical (unpaired) electrons. The molecule has 0 bridgehead atoms. The Balaban J connectivity index is 1.64. The Morgan fingerprint density at radius 1 is 1.11 bits per heavy atom. The van der Waals surface area contributed by atoms with Crippen molar-refractivity contribution in [1.82, 2.24) is 9.88 Å². The molecule has 4 rings (SSSR count). The molecular weight excluding hydrogens is 372 g/mol. The predicted octanol–water partition coefficient (Wildman–Crippen LogP) is 5.51. The minimum atomic E-state index is -0.0999. The van der Waals surface area contributed by atoms with E-state index in [0.29, 0.717) is 9.23 Å². The molecule has 3 aromatic rings. The number of aryl methyl sites for hydroxylation is 1. The van der Waals surface area contributed by atoms with Gasteiger partial charge in [-0.2, -0.15) is 0 Å². The number of hydrogen-bond donors (Lipinski definition) is 0. The Labute approximate surface area is 168 Å². The average molecular weight is 391 g/mol. The zero-order chi connectivity index (χ0) is 19.0. The average Bonchev–Trinajstić information content (AvgIpc) is 2.95. The van der Waals surface area contributed by atoms with Gasteiger partial charge in [0.05, 0.1) is 22.2 Å². The van der Waals surface area contributed by atoms with Gasteiger partial charge in [0.15, 0.2) is 0 Å². The standard InChI is InChI=1S/C22H18N2OS2/c1-14-8-11-19-17(12-14)9-10-18(23-19)13-20-21(25)24(22(26)27-20)15(2)16-6-4-3-5-7-16/h3-13,15H,1-2H3/b20-13-. The molecule has 1 fully saturated rings. The second kappa shape index (κ2) is 7.25. The molecule has 0 N–H and O–H groups in total. The van der Waals surface area contributed by atoms with E-state index in [1.807, 2.05) is 67.6 Å². The maximum Gasteiger partial charge on any atom is 0.266 e. The van der Waals surface area contributed by atoms with Crippen LogP contribution in [0, 0.1) is 6.92 Å². The van der Waals surface area contributed by atoms with E-state index in [1.165, 1.54) is 17.3 Å². The van der Waals surface area contributed by atoms with E-state index in [2.05, 4.69) is 18.0 Å². The van der Waals surface area contributed by atoms with Crippen LogP contribution in [0.2, 0.25) is 0 Å². The van der Waals surface area contributed by atoms with Gasteiger partial charge in [0, 0.05) is 5.39 Å². The summed E-state index contributed by atoms with van der Waals surface area (Å²) in [5, 5.41) is 1.09. The van der Waals surface area contributed by atoms with Crippen LogP contribution in [0.3, 0.4) is 0 Å². The number of hydrogen-bond acceptors (Lipinski definition) is 4. The summed E-state index contributed by atoms with van der Waals surface area (Å²) >= 11 is 6.82. The summed E-state index contributed by atoms with van der Waals surface area (Å²) in [5.74, 6) is -0.0628. The van der Waals surface area contributed by atoms with Crippen molar-refractivity contribution in [1.29, 1.82) is 0 Å². The summed E-state index contributed by atoms with van der Waals surface area (Å²) in [5.41, 5.74) is 3.95. The highest BCUT2D eigenvalue weighted by Gasteiger charge is 2.35. The lowest BCUT2D eigenvalue weighted by atomic mass is 10.1. The van der Waals surface area contributed by atoms with E-state index in [9.17, 15) is 4.79 Å². The summed E-state index contributed by atoms with van der Waals surface area (Å²) in [6.07, 6.45) is 1.83. The molecule has 1 unspecified atom stereocenters. The smallest absolute Gasteiger partial charge is 0.266 e. The van der Waals surface area contributed by atoms with Crippen molar-refractivity contribution in [2.24, 2.45) is 0 Å². The molecule has 0 aliphatic carbocycles. The van der Waals surface area contributed by atoms with Crippen LogP contribution in [0.4, 0.5) is 0 Å². The molecule has 0 spiro atoms. The van der Waals surface area contributed by atoms with Gasteiger partial charge < -0.3 is 0 Å². The maximum absolute atomic E-state index is 13.0. The Hall–Kier alpha value is -2.50. The summed E-state index contributed by atoms with van der Waals surface area (Å²) < 4.78 is 0.582. The van der Waals surface area contributed by atoms with Crippen molar-refractivity contribution in [2.75, 3.05) is 0 Å². The minimum absolute atomic E-state index is 0.0628. The number of fused-ring (bicyclic) bond motifs is 1. The Bertz CT molecular complexity index is 1080. The summed E-state index contributed by atoms with van der Waals surface area (Å²) in [7, 11) is 0. The van der Waals surface area contributed by atoms with Gasteiger partial charge in [0.25, 0.3) is 5.91 Å². The van der Waals surface area contributed by atoms with Gasteiger partial charge in [-0.3, -0.25) is 9.69 Å². The van der Waals surface area contributed by atoms with Crippen molar-refractivity contribution in [2.45, 2.75) is 19.9 Å². The first kappa shape index (κ1) is 17.9. The maximum atomic E-state index is 13.0. The number of carbonyl (C=O) groups excluding carboxylic acids is 1. The summed E-state index contributed by atoms with van der Waals surface area (Å²) in [6, 6.07) is 20.0. The molecule has 3 nitrogen and oxygen atoms in total. The number of pyridine rings is 1. The Morgan fingerprint density at radius 2 is 1.89 bits per heavy atom. The van der Waals surface area contributed by atoms with Crippen molar-refractivity contribution in [3.63, 3.8) is 0 Å². The molecule has 1 aromatic heterocycles. The van der Waals surface area contributed by atoms with Crippen LogP contribution in [-0.4, -0.2) is 20.1 Å². The lowest BCUT2D eigenvalue weighted by Gasteiger charge is -2.23. The van der Waals surface area contributed by atoms with E-state index in [4.69, 9.17) is 12.2 Å². The first-order chi connectivity index (χ1) is 13.0. The Kier molecular flexibility index (Phi) is 4.81. The van der Waals surface area contributed by atoms with Crippen molar-refractivity contribution < 1.29 is 4.79 Å². The van der Waals surface area contributed by atoms with Gasteiger partial charge in [-0.25, -0.2) is 4.98 Å². The number of benzene rings is 2.